The number of piperidine rings is 1. The number of hydrogen-bond donors (Lipinski definition) is 1. The van der Waals surface area contributed by atoms with Crippen molar-refractivity contribution >= 4 is 25.6 Å². The third kappa shape index (κ3) is 5.03. The molecule has 1 saturated heterocycles. The Bertz CT molecular complexity index is 1060. The molecule has 2 unspecified atom stereocenters. The number of amides is 2. The number of anilines is 1. The highest BCUT2D eigenvalue weighted by Crippen LogP contribution is 2.46. The number of aliphatic hydroxyl groups excluding tert-OH is 1. The Morgan fingerprint density at radius 1 is 1.06 bits per heavy atom. The maximum Gasteiger partial charge on any atom is 0.241 e. The number of aliphatic hydroxyl groups is 1. The maximum absolute atomic E-state index is 14.2. The molecular formula is C28H36N2O3Si. The molecule has 0 radical (unpaired) electrons. The normalized spacial score (nSPS) is 23.1. The number of rotatable bonds is 8. The average Bonchev–Trinajstić information content (AvgIpc) is 3.02. The Balaban J connectivity index is 1.71. The van der Waals surface area contributed by atoms with E-state index in [9.17, 15) is 14.7 Å². The molecule has 2 aromatic carbocycles. The first-order valence-electron chi connectivity index (χ1n) is 12.3. The predicted octanol–water partition coefficient (Wildman–Crippen LogP) is 5.09. The minimum absolute atomic E-state index is 0.0279. The van der Waals surface area contributed by atoms with Crippen LogP contribution in [0.15, 0.2) is 66.7 Å². The SMILES string of the molecule is C[Si](C)(C)C/C=C/C1(CCN2C(=O)CCCC2O)C(=O)N(Cc2ccccc2)c2ccccc21. The van der Waals surface area contributed by atoms with E-state index in [2.05, 4.69) is 31.8 Å². The van der Waals surface area contributed by atoms with Crippen molar-refractivity contribution in [3.63, 3.8) is 0 Å². The van der Waals surface area contributed by atoms with Gasteiger partial charge in [-0.1, -0.05) is 80.3 Å². The van der Waals surface area contributed by atoms with Crippen LogP contribution in [0.3, 0.4) is 0 Å². The lowest BCUT2D eigenvalue weighted by molar-refractivity contribution is -0.147. The summed E-state index contributed by atoms with van der Waals surface area (Å²) < 4.78 is 0. The molecule has 2 heterocycles. The van der Waals surface area contributed by atoms with E-state index >= 15 is 0 Å². The van der Waals surface area contributed by atoms with Crippen molar-refractivity contribution in [3.05, 3.63) is 77.9 Å². The Hall–Kier alpha value is -2.70. The number of nitrogens with zero attached hydrogens (tertiary/aromatic N) is 2. The van der Waals surface area contributed by atoms with Gasteiger partial charge in [-0.2, -0.15) is 0 Å². The van der Waals surface area contributed by atoms with Crippen LogP contribution < -0.4 is 4.90 Å². The topological polar surface area (TPSA) is 60.9 Å². The molecule has 0 bridgehead atoms. The van der Waals surface area contributed by atoms with Gasteiger partial charge in [0.2, 0.25) is 11.8 Å². The van der Waals surface area contributed by atoms with Crippen LogP contribution in [0, 0.1) is 0 Å². The van der Waals surface area contributed by atoms with Crippen LogP contribution in [-0.2, 0) is 21.5 Å². The fourth-order valence-electron chi connectivity index (χ4n) is 5.05. The summed E-state index contributed by atoms with van der Waals surface area (Å²) >= 11 is 0. The molecule has 2 aliphatic rings. The van der Waals surface area contributed by atoms with E-state index in [1.807, 2.05) is 59.5 Å². The molecule has 1 N–H and O–H groups in total. The minimum Gasteiger partial charge on any atom is -0.374 e. The highest BCUT2D eigenvalue weighted by atomic mass is 28.3. The van der Waals surface area contributed by atoms with Crippen molar-refractivity contribution in [3.8, 4) is 0 Å². The molecule has 2 atom stereocenters. The fraction of sp³-hybridized carbons (Fsp3) is 0.429. The average molecular weight is 477 g/mol. The lowest BCUT2D eigenvalue weighted by Crippen LogP contribution is -2.47. The Morgan fingerprint density at radius 3 is 2.47 bits per heavy atom. The van der Waals surface area contributed by atoms with E-state index in [4.69, 9.17) is 0 Å². The van der Waals surface area contributed by atoms with Crippen LogP contribution in [0.2, 0.25) is 25.7 Å². The summed E-state index contributed by atoms with van der Waals surface area (Å²) in [7, 11) is -1.35. The summed E-state index contributed by atoms with van der Waals surface area (Å²) in [5.74, 6) is 0.0168. The summed E-state index contributed by atoms with van der Waals surface area (Å²) in [5, 5.41) is 10.5. The molecule has 1 fully saturated rings. The zero-order chi connectivity index (χ0) is 24.3. The number of likely N-dealkylation sites (tertiary alicyclic amines) is 1. The van der Waals surface area contributed by atoms with Crippen molar-refractivity contribution in [1.29, 1.82) is 0 Å². The Morgan fingerprint density at radius 2 is 1.76 bits per heavy atom. The van der Waals surface area contributed by atoms with Crippen molar-refractivity contribution < 1.29 is 14.7 Å². The van der Waals surface area contributed by atoms with Crippen LogP contribution >= 0.6 is 0 Å². The van der Waals surface area contributed by atoms with Crippen molar-refractivity contribution in [2.24, 2.45) is 0 Å². The number of hydrogen-bond acceptors (Lipinski definition) is 3. The Kier molecular flexibility index (Phi) is 7.10. The zero-order valence-electron chi connectivity index (χ0n) is 20.5. The van der Waals surface area contributed by atoms with E-state index in [0.29, 0.717) is 38.8 Å². The Labute approximate surface area is 204 Å². The van der Waals surface area contributed by atoms with Crippen LogP contribution in [-0.4, -0.2) is 42.7 Å². The molecule has 0 aromatic heterocycles. The third-order valence-electron chi connectivity index (χ3n) is 6.90. The molecule has 2 aliphatic heterocycles. The lowest BCUT2D eigenvalue weighted by atomic mass is 9.78. The van der Waals surface area contributed by atoms with Crippen LogP contribution in [0.25, 0.3) is 0 Å². The van der Waals surface area contributed by atoms with Gasteiger partial charge in [0.15, 0.2) is 0 Å². The quantitative estimate of drug-likeness (QED) is 0.427. The van der Waals surface area contributed by atoms with E-state index < -0.39 is 19.7 Å². The van der Waals surface area contributed by atoms with E-state index in [-0.39, 0.29) is 11.8 Å². The number of allylic oxidation sites excluding steroid dienone is 1. The molecule has 0 aliphatic carbocycles. The van der Waals surface area contributed by atoms with Gasteiger partial charge in [-0.3, -0.25) is 9.59 Å². The predicted molar refractivity (Wildman–Crippen MR) is 139 cm³/mol. The first-order valence-corrected chi connectivity index (χ1v) is 16.0. The zero-order valence-corrected chi connectivity index (χ0v) is 21.5. The number of fused-ring (bicyclic) bond motifs is 1. The molecular weight excluding hydrogens is 440 g/mol. The molecule has 34 heavy (non-hydrogen) atoms. The number of para-hydroxylation sites is 1. The first-order chi connectivity index (χ1) is 16.2. The molecule has 0 saturated carbocycles. The highest BCUT2D eigenvalue weighted by molar-refractivity contribution is 6.76. The molecule has 2 amide bonds. The van der Waals surface area contributed by atoms with Crippen molar-refractivity contribution in [2.75, 3.05) is 11.4 Å². The molecule has 0 spiro atoms. The van der Waals surface area contributed by atoms with Gasteiger partial charge in [0.1, 0.15) is 6.23 Å². The van der Waals surface area contributed by atoms with Gasteiger partial charge < -0.3 is 14.9 Å². The molecule has 6 heteroatoms. The summed E-state index contributed by atoms with van der Waals surface area (Å²) in [6.45, 7) is 7.82. The second kappa shape index (κ2) is 9.88. The summed E-state index contributed by atoms with van der Waals surface area (Å²) in [6.07, 6.45) is 5.73. The second-order valence-electron chi connectivity index (χ2n) is 10.7. The molecule has 5 nitrogen and oxygen atoms in total. The lowest BCUT2D eigenvalue weighted by Gasteiger charge is -2.35. The number of benzene rings is 2. The van der Waals surface area contributed by atoms with Gasteiger partial charge in [-0.15, -0.1) is 0 Å². The van der Waals surface area contributed by atoms with Gasteiger partial charge in [0.25, 0.3) is 0 Å². The number of carbonyl (C=O) groups excluding carboxylic acids is 2. The molecule has 180 valence electrons. The standard InChI is InChI=1S/C28H36N2O3Si/c1-34(2,3)20-10-17-28(18-19-29-25(31)15-9-16-26(29)32)23-13-7-8-14-24(23)30(27(28)33)21-22-11-5-4-6-12-22/h4-8,10-14,17,25,31H,9,15-16,18-21H2,1-3H3/b17-10+. The van der Waals surface area contributed by atoms with Gasteiger partial charge in [0, 0.05) is 26.7 Å². The largest absolute Gasteiger partial charge is 0.374 e. The minimum atomic E-state index is -1.35. The van der Waals surface area contributed by atoms with Gasteiger partial charge in [0.05, 0.1) is 12.0 Å². The first kappa shape index (κ1) is 24.4. The van der Waals surface area contributed by atoms with Crippen LogP contribution in [0.5, 0.6) is 0 Å². The highest BCUT2D eigenvalue weighted by Gasteiger charge is 2.49. The molecule has 4 rings (SSSR count). The van der Waals surface area contributed by atoms with Gasteiger partial charge in [-0.25, -0.2) is 0 Å². The monoisotopic (exact) mass is 476 g/mol. The molecule has 2 aromatic rings. The van der Waals surface area contributed by atoms with Gasteiger partial charge >= 0.3 is 0 Å². The van der Waals surface area contributed by atoms with E-state index in [1.165, 1.54) is 0 Å². The third-order valence-corrected chi connectivity index (χ3v) is 8.36. The van der Waals surface area contributed by atoms with Crippen molar-refractivity contribution in [2.45, 2.75) is 69.6 Å². The second-order valence-corrected chi connectivity index (χ2v) is 16.3. The smallest absolute Gasteiger partial charge is 0.241 e. The maximum atomic E-state index is 14.2. The van der Waals surface area contributed by atoms with Crippen molar-refractivity contribution in [1.82, 2.24) is 4.90 Å². The summed E-state index contributed by atoms with van der Waals surface area (Å²) in [5.41, 5.74) is 2.15. The fourth-order valence-corrected chi connectivity index (χ4v) is 5.87. The van der Waals surface area contributed by atoms with E-state index in [0.717, 1.165) is 22.9 Å². The van der Waals surface area contributed by atoms with Crippen LogP contribution in [0.1, 0.15) is 36.8 Å². The summed E-state index contributed by atoms with van der Waals surface area (Å²) in [6, 6.07) is 19.1. The van der Waals surface area contributed by atoms with E-state index in [1.54, 1.807) is 4.90 Å². The summed E-state index contributed by atoms with van der Waals surface area (Å²) in [4.78, 5) is 30.2. The number of carbonyl (C=O) groups is 2. The van der Waals surface area contributed by atoms with Crippen LogP contribution in [0.4, 0.5) is 5.69 Å². The van der Waals surface area contributed by atoms with Gasteiger partial charge in [-0.05, 0) is 42.5 Å².